The van der Waals surface area contributed by atoms with Crippen molar-refractivity contribution in [3.63, 3.8) is 0 Å². The molecule has 3 amide bonds. The van der Waals surface area contributed by atoms with Crippen LogP contribution >= 0.6 is 0 Å². The number of amides is 3. The zero-order valence-electron chi connectivity index (χ0n) is 15.5. The largest absolute Gasteiger partial charge is 0.342 e. The monoisotopic (exact) mass is 368 g/mol. The van der Waals surface area contributed by atoms with Crippen LogP contribution in [0.25, 0.3) is 11.1 Å². The number of aromatic amines is 1. The first kappa shape index (κ1) is 18.7. The normalized spacial score (nSPS) is 13.8. The number of pyridine rings is 1. The van der Waals surface area contributed by atoms with Gasteiger partial charge in [0.1, 0.15) is 5.69 Å². The van der Waals surface area contributed by atoms with Gasteiger partial charge in [0.15, 0.2) is 0 Å². The first-order valence-corrected chi connectivity index (χ1v) is 9.08. The Hall–Kier alpha value is -3.09. The van der Waals surface area contributed by atoms with E-state index in [9.17, 15) is 14.4 Å². The third kappa shape index (κ3) is 4.36. The van der Waals surface area contributed by atoms with Crippen molar-refractivity contribution < 1.29 is 9.59 Å². The molecule has 1 aliphatic rings. The van der Waals surface area contributed by atoms with Crippen molar-refractivity contribution >= 4 is 17.6 Å². The van der Waals surface area contributed by atoms with Crippen molar-refractivity contribution in [3.05, 3.63) is 52.4 Å². The Labute approximate surface area is 157 Å². The number of anilines is 1. The molecule has 2 heterocycles. The molecule has 0 saturated carbocycles. The molecule has 7 nitrogen and oxygen atoms in total. The van der Waals surface area contributed by atoms with E-state index in [-0.39, 0.29) is 17.2 Å². The fourth-order valence-corrected chi connectivity index (χ4v) is 3.11. The van der Waals surface area contributed by atoms with E-state index < -0.39 is 6.03 Å². The van der Waals surface area contributed by atoms with E-state index >= 15 is 0 Å². The highest BCUT2D eigenvalue weighted by Gasteiger charge is 2.28. The van der Waals surface area contributed by atoms with Gasteiger partial charge in [0.2, 0.25) is 5.91 Å². The minimum absolute atomic E-state index is 0.139. The molecular formula is C20H24N4O3. The van der Waals surface area contributed by atoms with E-state index in [0.29, 0.717) is 12.3 Å². The number of hydrogen-bond donors (Lipinski definition) is 3. The molecule has 1 aromatic carbocycles. The van der Waals surface area contributed by atoms with Crippen LogP contribution < -0.4 is 16.2 Å². The Bertz CT molecular complexity index is 900. The predicted molar refractivity (Wildman–Crippen MR) is 105 cm³/mol. The second-order valence-electron chi connectivity index (χ2n) is 6.79. The first-order chi connectivity index (χ1) is 13.0. The summed E-state index contributed by atoms with van der Waals surface area (Å²) in [6.45, 7) is 3.85. The first-order valence-electron chi connectivity index (χ1n) is 9.08. The molecule has 0 atom stereocenters. The van der Waals surface area contributed by atoms with Gasteiger partial charge in [-0.2, -0.15) is 0 Å². The van der Waals surface area contributed by atoms with Gasteiger partial charge >= 0.3 is 6.03 Å². The van der Waals surface area contributed by atoms with Crippen molar-refractivity contribution in [2.45, 2.75) is 19.8 Å². The van der Waals surface area contributed by atoms with E-state index in [4.69, 9.17) is 0 Å². The average molecular weight is 368 g/mol. The molecule has 0 radical (unpaired) electrons. The molecule has 27 heavy (non-hydrogen) atoms. The van der Waals surface area contributed by atoms with Crippen LogP contribution in [0.5, 0.6) is 0 Å². The van der Waals surface area contributed by atoms with Crippen LogP contribution in [-0.2, 0) is 11.2 Å². The number of nitrogens with one attached hydrogen (secondary N) is 3. The molecule has 0 unspecified atom stereocenters. The lowest BCUT2D eigenvalue weighted by molar-refractivity contribution is -0.136. The molecule has 1 aromatic heterocycles. The van der Waals surface area contributed by atoms with Gasteiger partial charge in [0.05, 0.1) is 6.42 Å². The van der Waals surface area contributed by atoms with Crippen LogP contribution in [0.1, 0.15) is 18.9 Å². The molecule has 7 heteroatoms. The number of H-pyrrole nitrogens is 1. The number of aromatic nitrogens is 1. The Balaban J connectivity index is 1.75. The summed E-state index contributed by atoms with van der Waals surface area (Å²) in [5, 5.41) is 4.92. The molecule has 0 bridgehead atoms. The van der Waals surface area contributed by atoms with Gasteiger partial charge in [-0.05, 0) is 29.5 Å². The van der Waals surface area contributed by atoms with E-state index in [2.05, 4.69) is 22.5 Å². The van der Waals surface area contributed by atoms with E-state index in [1.54, 1.807) is 12.3 Å². The minimum Gasteiger partial charge on any atom is -0.342 e. The molecule has 3 rings (SSSR count). The van der Waals surface area contributed by atoms with Crippen LogP contribution in [-0.4, -0.2) is 42.0 Å². The van der Waals surface area contributed by atoms with Crippen LogP contribution in [0.3, 0.4) is 0 Å². The zero-order valence-corrected chi connectivity index (χ0v) is 15.5. The number of carbonyl (C=O) groups is 2. The standard InChI is InChI=1S/C20H24N4O3/c1-3-13-11-24(12-13)18(25)8-14-5-4-6-15(7-14)16-9-17(19(26)22-10-16)23-20(27)21-2/h4-7,9-10,13H,3,8,11-12H2,1-2H3,(H,22,26)(H2,21,23,27). The van der Waals surface area contributed by atoms with Gasteiger partial charge in [-0.25, -0.2) is 4.79 Å². The maximum absolute atomic E-state index is 12.4. The van der Waals surface area contributed by atoms with Gasteiger partial charge in [-0.15, -0.1) is 0 Å². The van der Waals surface area contributed by atoms with Crippen molar-refractivity contribution in [2.24, 2.45) is 5.92 Å². The third-order valence-corrected chi connectivity index (χ3v) is 4.88. The fourth-order valence-electron chi connectivity index (χ4n) is 3.11. The molecule has 0 aliphatic carbocycles. The Morgan fingerprint density at radius 3 is 2.70 bits per heavy atom. The Morgan fingerprint density at radius 2 is 2.00 bits per heavy atom. The van der Waals surface area contributed by atoms with Crippen molar-refractivity contribution in [2.75, 3.05) is 25.5 Å². The number of likely N-dealkylation sites (tertiary alicyclic amines) is 1. The van der Waals surface area contributed by atoms with Crippen LogP contribution in [0.2, 0.25) is 0 Å². The molecule has 142 valence electrons. The molecule has 0 spiro atoms. The summed E-state index contributed by atoms with van der Waals surface area (Å²) in [7, 11) is 1.48. The second kappa shape index (κ2) is 8.07. The topological polar surface area (TPSA) is 94.3 Å². The second-order valence-corrected chi connectivity index (χ2v) is 6.79. The summed E-state index contributed by atoms with van der Waals surface area (Å²) in [5.41, 5.74) is 2.33. The quantitative estimate of drug-likeness (QED) is 0.755. The Kier molecular flexibility index (Phi) is 5.59. The Morgan fingerprint density at radius 1 is 1.22 bits per heavy atom. The molecule has 1 aliphatic heterocycles. The van der Waals surface area contributed by atoms with E-state index in [0.717, 1.165) is 36.2 Å². The number of urea groups is 1. The smallest absolute Gasteiger partial charge is 0.319 e. The van der Waals surface area contributed by atoms with E-state index in [1.807, 2.05) is 29.2 Å². The fraction of sp³-hybridized carbons (Fsp3) is 0.350. The minimum atomic E-state index is -0.461. The van der Waals surface area contributed by atoms with Gasteiger partial charge < -0.3 is 20.5 Å². The number of benzene rings is 1. The van der Waals surface area contributed by atoms with Gasteiger partial charge in [-0.1, -0.05) is 31.2 Å². The van der Waals surface area contributed by atoms with Crippen molar-refractivity contribution in [1.29, 1.82) is 0 Å². The van der Waals surface area contributed by atoms with E-state index in [1.165, 1.54) is 7.05 Å². The van der Waals surface area contributed by atoms with Crippen molar-refractivity contribution in [3.8, 4) is 11.1 Å². The maximum atomic E-state index is 12.4. The van der Waals surface area contributed by atoms with Gasteiger partial charge in [0, 0.05) is 31.9 Å². The number of nitrogens with zero attached hydrogens (tertiary/aromatic N) is 1. The zero-order chi connectivity index (χ0) is 19.4. The highest BCUT2D eigenvalue weighted by molar-refractivity contribution is 5.89. The van der Waals surface area contributed by atoms with Crippen LogP contribution in [0.4, 0.5) is 10.5 Å². The molecule has 2 aromatic rings. The van der Waals surface area contributed by atoms with Gasteiger partial charge in [0.25, 0.3) is 5.56 Å². The summed E-state index contributed by atoms with van der Waals surface area (Å²) >= 11 is 0. The van der Waals surface area contributed by atoms with Crippen molar-refractivity contribution in [1.82, 2.24) is 15.2 Å². The lowest BCUT2D eigenvalue weighted by Gasteiger charge is -2.39. The van der Waals surface area contributed by atoms with Gasteiger partial charge in [-0.3, -0.25) is 9.59 Å². The highest BCUT2D eigenvalue weighted by Crippen LogP contribution is 2.23. The highest BCUT2D eigenvalue weighted by atomic mass is 16.2. The lowest BCUT2D eigenvalue weighted by atomic mass is 9.96. The average Bonchev–Trinajstić information content (AvgIpc) is 2.62. The lowest BCUT2D eigenvalue weighted by Crippen LogP contribution is -2.50. The number of carbonyl (C=O) groups excluding carboxylic acids is 2. The molecular weight excluding hydrogens is 344 g/mol. The molecule has 1 fully saturated rings. The number of hydrogen-bond acceptors (Lipinski definition) is 3. The predicted octanol–water partition coefficient (Wildman–Crippen LogP) is 2.20. The third-order valence-electron chi connectivity index (χ3n) is 4.88. The van der Waals surface area contributed by atoms with Crippen LogP contribution in [0.15, 0.2) is 41.3 Å². The summed E-state index contributed by atoms with van der Waals surface area (Å²) < 4.78 is 0. The maximum Gasteiger partial charge on any atom is 0.319 e. The molecule has 1 saturated heterocycles. The summed E-state index contributed by atoms with van der Waals surface area (Å²) in [6.07, 6.45) is 3.06. The summed E-state index contributed by atoms with van der Waals surface area (Å²) in [4.78, 5) is 40.3. The molecule has 3 N–H and O–H groups in total. The number of rotatable bonds is 5. The SMILES string of the molecule is CCC1CN(C(=O)Cc2cccc(-c3c[nH]c(=O)c(NC(=O)NC)c3)c2)C1. The summed E-state index contributed by atoms with van der Waals surface area (Å²) in [5.74, 6) is 0.771. The summed E-state index contributed by atoms with van der Waals surface area (Å²) in [6, 6.07) is 8.81. The van der Waals surface area contributed by atoms with Crippen LogP contribution in [0, 0.1) is 5.92 Å².